The Balaban J connectivity index is 2.07. The molecule has 0 fully saturated rings. The number of anilines is 1. The zero-order valence-corrected chi connectivity index (χ0v) is 10.7. The van der Waals surface area contributed by atoms with Crippen LogP contribution in [0.25, 0.3) is 0 Å². The SMILES string of the molecule is Cc1cc(Cl)ccc1OCn1cc(Cl)c(N)n1. The lowest BCUT2D eigenvalue weighted by Crippen LogP contribution is -2.06. The normalized spacial score (nSPS) is 10.5. The highest BCUT2D eigenvalue weighted by Crippen LogP contribution is 2.22. The van der Waals surface area contributed by atoms with E-state index in [9.17, 15) is 0 Å². The van der Waals surface area contributed by atoms with Crippen LogP contribution in [0.15, 0.2) is 24.4 Å². The van der Waals surface area contributed by atoms with Crippen LogP contribution in [0.5, 0.6) is 5.75 Å². The van der Waals surface area contributed by atoms with E-state index in [1.54, 1.807) is 12.3 Å². The molecule has 0 spiro atoms. The summed E-state index contributed by atoms with van der Waals surface area (Å²) < 4.78 is 7.11. The molecule has 0 aliphatic heterocycles. The molecule has 1 aromatic carbocycles. The van der Waals surface area contributed by atoms with Gasteiger partial charge in [0.05, 0.1) is 0 Å². The molecule has 0 atom stereocenters. The largest absolute Gasteiger partial charge is 0.471 e. The van der Waals surface area contributed by atoms with E-state index in [-0.39, 0.29) is 6.73 Å². The number of nitrogen functional groups attached to an aromatic ring is 1. The molecule has 17 heavy (non-hydrogen) atoms. The Kier molecular flexibility index (Phi) is 3.45. The first-order chi connectivity index (χ1) is 8.06. The van der Waals surface area contributed by atoms with E-state index in [0.717, 1.165) is 11.3 Å². The van der Waals surface area contributed by atoms with Gasteiger partial charge >= 0.3 is 0 Å². The Morgan fingerprint density at radius 3 is 2.76 bits per heavy atom. The summed E-state index contributed by atoms with van der Waals surface area (Å²) in [6.07, 6.45) is 1.61. The number of nitrogens with two attached hydrogens (primary N) is 1. The van der Waals surface area contributed by atoms with Gasteiger partial charge in [0.1, 0.15) is 10.8 Å². The van der Waals surface area contributed by atoms with Gasteiger partial charge in [-0.2, -0.15) is 5.10 Å². The van der Waals surface area contributed by atoms with Crippen LogP contribution < -0.4 is 10.5 Å². The zero-order chi connectivity index (χ0) is 12.4. The van der Waals surface area contributed by atoms with Crippen molar-refractivity contribution in [3.05, 3.63) is 40.0 Å². The average molecular weight is 272 g/mol. The van der Waals surface area contributed by atoms with Gasteiger partial charge in [-0.1, -0.05) is 23.2 Å². The summed E-state index contributed by atoms with van der Waals surface area (Å²) in [7, 11) is 0. The van der Waals surface area contributed by atoms with Crippen LogP contribution in [0.1, 0.15) is 5.56 Å². The van der Waals surface area contributed by atoms with E-state index >= 15 is 0 Å². The predicted molar refractivity (Wildman–Crippen MR) is 68.5 cm³/mol. The minimum Gasteiger partial charge on any atom is -0.471 e. The van der Waals surface area contributed by atoms with Gasteiger partial charge < -0.3 is 10.5 Å². The number of hydrogen-bond acceptors (Lipinski definition) is 3. The molecule has 0 unspecified atom stereocenters. The number of rotatable bonds is 3. The Labute approximate surface area is 109 Å². The van der Waals surface area contributed by atoms with Crippen LogP contribution in [0.2, 0.25) is 10.0 Å². The standard InChI is InChI=1S/C11H11Cl2N3O/c1-7-4-8(12)2-3-10(7)17-6-16-5-9(13)11(14)15-16/h2-5H,6H2,1H3,(H2,14,15). The Bertz CT molecular complexity index is 520. The minimum atomic E-state index is 0.249. The lowest BCUT2D eigenvalue weighted by molar-refractivity contribution is 0.220. The third-order valence-electron chi connectivity index (χ3n) is 2.23. The number of hydrogen-bond donors (Lipinski definition) is 1. The van der Waals surface area contributed by atoms with Crippen LogP contribution in [-0.2, 0) is 6.73 Å². The summed E-state index contributed by atoms with van der Waals surface area (Å²) in [6, 6.07) is 5.42. The fraction of sp³-hybridized carbons (Fsp3) is 0.182. The lowest BCUT2D eigenvalue weighted by atomic mass is 10.2. The van der Waals surface area contributed by atoms with Crippen LogP contribution >= 0.6 is 23.2 Å². The smallest absolute Gasteiger partial charge is 0.181 e. The van der Waals surface area contributed by atoms with E-state index in [2.05, 4.69) is 5.10 Å². The first-order valence-corrected chi connectivity index (χ1v) is 5.69. The molecule has 0 saturated heterocycles. The van der Waals surface area contributed by atoms with Crippen molar-refractivity contribution in [3.8, 4) is 5.75 Å². The van der Waals surface area contributed by atoms with Crippen LogP contribution in [0, 0.1) is 6.92 Å². The molecule has 2 rings (SSSR count). The van der Waals surface area contributed by atoms with Gasteiger partial charge in [-0.3, -0.25) is 0 Å². The Hall–Kier alpha value is -1.39. The zero-order valence-electron chi connectivity index (χ0n) is 9.15. The van der Waals surface area contributed by atoms with Gasteiger partial charge in [-0.15, -0.1) is 0 Å². The molecule has 0 bridgehead atoms. The second-order valence-corrected chi connectivity index (χ2v) is 4.43. The van der Waals surface area contributed by atoms with Crippen molar-refractivity contribution < 1.29 is 4.74 Å². The first-order valence-electron chi connectivity index (χ1n) is 4.93. The average Bonchev–Trinajstić information content (AvgIpc) is 2.57. The maximum Gasteiger partial charge on any atom is 0.181 e. The number of ether oxygens (including phenoxy) is 1. The number of nitrogens with zero attached hydrogens (tertiary/aromatic N) is 2. The van der Waals surface area contributed by atoms with Crippen molar-refractivity contribution in [2.24, 2.45) is 0 Å². The monoisotopic (exact) mass is 271 g/mol. The quantitative estimate of drug-likeness (QED) is 0.933. The minimum absolute atomic E-state index is 0.249. The number of aryl methyl sites for hydroxylation is 1. The Morgan fingerprint density at radius 2 is 2.18 bits per heavy atom. The highest BCUT2D eigenvalue weighted by atomic mass is 35.5. The van der Waals surface area contributed by atoms with Crippen molar-refractivity contribution in [1.82, 2.24) is 9.78 Å². The summed E-state index contributed by atoms with van der Waals surface area (Å²) in [4.78, 5) is 0. The van der Waals surface area contributed by atoms with Crippen molar-refractivity contribution >= 4 is 29.0 Å². The maximum atomic E-state index is 5.85. The highest BCUT2D eigenvalue weighted by molar-refractivity contribution is 6.32. The molecule has 1 aromatic heterocycles. The summed E-state index contributed by atoms with van der Waals surface area (Å²) in [6.45, 7) is 2.17. The van der Waals surface area contributed by atoms with E-state index in [4.69, 9.17) is 33.7 Å². The fourth-order valence-electron chi connectivity index (χ4n) is 1.39. The van der Waals surface area contributed by atoms with E-state index < -0.39 is 0 Å². The number of halogens is 2. The van der Waals surface area contributed by atoms with Gasteiger partial charge in [0.25, 0.3) is 0 Å². The van der Waals surface area contributed by atoms with Crippen LogP contribution in [0.3, 0.4) is 0 Å². The van der Waals surface area contributed by atoms with E-state index in [1.807, 2.05) is 19.1 Å². The molecule has 90 valence electrons. The summed E-state index contributed by atoms with van der Waals surface area (Å²) >= 11 is 11.6. The molecule has 2 N–H and O–H groups in total. The molecular weight excluding hydrogens is 261 g/mol. The van der Waals surface area contributed by atoms with Gasteiger partial charge in [0.2, 0.25) is 0 Å². The molecule has 2 aromatic rings. The predicted octanol–water partition coefficient (Wildman–Crippen LogP) is 3.12. The second-order valence-electron chi connectivity index (χ2n) is 3.58. The van der Waals surface area contributed by atoms with Gasteiger partial charge in [0, 0.05) is 11.2 Å². The fourth-order valence-corrected chi connectivity index (χ4v) is 1.77. The number of benzene rings is 1. The molecule has 0 amide bonds. The molecule has 6 heteroatoms. The molecule has 0 radical (unpaired) electrons. The lowest BCUT2D eigenvalue weighted by Gasteiger charge is -2.08. The number of aromatic nitrogens is 2. The van der Waals surface area contributed by atoms with Gasteiger partial charge in [-0.25, -0.2) is 4.68 Å². The van der Waals surface area contributed by atoms with Gasteiger partial charge in [-0.05, 0) is 30.7 Å². The van der Waals surface area contributed by atoms with Crippen molar-refractivity contribution in [2.75, 3.05) is 5.73 Å². The highest BCUT2D eigenvalue weighted by Gasteiger charge is 2.04. The topological polar surface area (TPSA) is 53.1 Å². The maximum absolute atomic E-state index is 5.85. The molecule has 0 aliphatic rings. The third-order valence-corrected chi connectivity index (χ3v) is 2.76. The first kappa shape index (κ1) is 12.1. The second kappa shape index (κ2) is 4.85. The summed E-state index contributed by atoms with van der Waals surface area (Å²) in [5.41, 5.74) is 6.48. The molecular formula is C11H11Cl2N3O. The summed E-state index contributed by atoms with van der Waals surface area (Å²) in [5.74, 6) is 1.04. The molecule has 0 saturated carbocycles. The van der Waals surface area contributed by atoms with E-state index in [0.29, 0.717) is 15.9 Å². The van der Waals surface area contributed by atoms with Gasteiger partial charge in [0.15, 0.2) is 12.5 Å². The molecule has 0 aliphatic carbocycles. The van der Waals surface area contributed by atoms with E-state index in [1.165, 1.54) is 4.68 Å². The van der Waals surface area contributed by atoms with Crippen molar-refractivity contribution in [2.45, 2.75) is 13.7 Å². The van der Waals surface area contributed by atoms with Crippen LogP contribution in [0.4, 0.5) is 5.82 Å². The van der Waals surface area contributed by atoms with Crippen molar-refractivity contribution in [1.29, 1.82) is 0 Å². The summed E-state index contributed by atoms with van der Waals surface area (Å²) in [5, 5.41) is 5.08. The Morgan fingerprint density at radius 1 is 1.41 bits per heavy atom. The van der Waals surface area contributed by atoms with Crippen LogP contribution in [-0.4, -0.2) is 9.78 Å². The molecule has 1 heterocycles. The van der Waals surface area contributed by atoms with Crippen molar-refractivity contribution in [3.63, 3.8) is 0 Å². The third kappa shape index (κ3) is 2.84. The molecule has 4 nitrogen and oxygen atoms in total.